The fourth-order valence-electron chi connectivity index (χ4n) is 2.87. The van der Waals surface area contributed by atoms with Crippen LogP contribution in [0, 0.1) is 5.82 Å². The fourth-order valence-corrected chi connectivity index (χ4v) is 2.87. The van der Waals surface area contributed by atoms with Gasteiger partial charge in [-0.3, -0.25) is 4.90 Å². The van der Waals surface area contributed by atoms with Crippen molar-refractivity contribution in [2.24, 2.45) is 0 Å². The van der Waals surface area contributed by atoms with Crippen LogP contribution >= 0.6 is 0 Å². The van der Waals surface area contributed by atoms with E-state index in [9.17, 15) is 4.39 Å². The normalized spacial score (nSPS) is 16.6. The highest BCUT2D eigenvalue weighted by Crippen LogP contribution is 2.22. The van der Waals surface area contributed by atoms with E-state index >= 15 is 0 Å². The van der Waals surface area contributed by atoms with Crippen molar-refractivity contribution in [3.05, 3.63) is 47.8 Å². The maximum absolute atomic E-state index is 13.8. The summed E-state index contributed by atoms with van der Waals surface area (Å²) in [5.74, 6) is -0.127. The van der Waals surface area contributed by atoms with Gasteiger partial charge in [0.05, 0.1) is 13.2 Å². The second-order valence-electron chi connectivity index (χ2n) is 5.31. The Balaban J connectivity index is 1.66. The third-order valence-electron chi connectivity index (χ3n) is 3.98. The van der Waals surface area contributed by atoms with Crippen molar-refractivity contribution >= 4 is 10.8 Å². The summed E-state index contributed by atoms with van der Waals surface area (Å²) >= 11 is 0. The van der Waals surface area contributed by atoms with E-state index in [-0.39, 0.29) is 5.82 Å². The van der Waals surface area contributed by atoms with Crippen LogP contribution in [0.3, 0.4) is 0 Å². The molecular formula is C17H20FNO. The van der Waals surface area contributed by atoms with Gasteiger partial charge in [-0.15, -0.1) is 0 Å². The van der Waals surface area contributed by atoms with Gasteiger partial charge in [0.15, 0.2) is 0 Å². The molecule has 0 unspecified atom stereocenters. The zero-order valence-electron chi connectivity index (χ0n) is 11.6. The number of nitrogens with zero attached hydrogens (tertiary/aromatic N) is 1. The maximum atomic E-state index is 13.8. The third kappa shape index (κ3) is 3.00. The molecule has 3 rings (SSSR count). The second kappa shape index (κ2) is 6.33. The summed E-state index contributed by atoms with van der Waals surface area (Å²) < 4.78 is 19.1. The number of hydrogen-bond donors (Lipinski definition) is 0. The number of halogens is 1. The lowest BCUT2D eigenvalue weighted by Crippen LogP contribution is -2.36. The Morgan fingerprint density at radius 1 is 1.00 bits per heavy atom. The Morgan fingerprint density at radius 2 is 1.75 bits per heavy atom. The molecule has 1 heterocycles. The van der Waals surface area contributed by atoms with Gasteiger partial charge >= 0.3 is 0 Å². The minimum atomic E-state index is -0.127. The molecule has 0 radical (unpaired) electrons. The molecule has 0 aromatic heterocycles. The molecule has 2 nitrogen and oxygen atoms in total. The number of benzene rings is 2. The minimum absolute atomic E-state index is 0.127. The van der Waals surface area contributed by atoms with Crippen LogP contribution in [0.15, 0.2) is 36.4 Å². The zero-order chi connectivity index (χ0) is 13.8. The van der Waals surface area contributed by atoms with Crippen LogP contribution in [0.25, 0.3) is 10.8 Å². The van der Waals surface area contributed by atoms with E-state index in [2.05, 4.69) is 11.0 Å². The molecule has 0 saturated carbocycles. The number of morpholine rings is 1. The van der Waals surface area contributed by atoms with Gasteiger partial charge in [0, 0.05) is 18.5 Å². The molecular weight excluding hydrogens is 253 g/mol. The van der Waals surface area contributed by atoms with Crippen LogP contribution in [-0.4, -0.2) is 37.7 Å². The van der Waals surface area contributed by atoms with Gasteiger partial charge < -0.3 is 4.74 Å². The van der Waals surface area contributed by atoms with E-state index in [1.807, 2.05) is 18.2 Å². The minimum Gasteiger partial charge on any atom is -0.379 e. The second-order valence-corrected chi connectivity index (χ2v) is 5.31. The highest BCUT2D eigenvalue weighted by molar-refractivity contribution is 5.86. The summed E-state index contributed by atoms with van der Waals surface area (Å²) in [4.78, 5) is 2.44. The average Bonchev–Trinajstić information content (AvgIpc) is 2.49. The number of ether oxygens (including phenoxy) is 1. The van der Waals surface area contributed by atoms with Gasteiger partial charge in [-0.2, -0.15) is 0 Å². The molecule has 1 fully saturated rings. The van der Waals surface area contributed by atoms with Gasteiger partial charge in [-0.1, -0.05) is 30.3 Å². The summed E-state index contributed by atoms with van der Waals surface area (Å²) in [6.07, 6.45) is 2.10. The first-order valence-corrected chi connectivity index (χ1v) is 7.31. The largest absolute Gasteiger partial charge is 0.379 e. The first kappa shape index (κ1) is 13.5. The van der Waals surface area contributed by atoms with Crippen molar-refractivity contribution in [1.82, 2.24) is 4.90 Å². The van der Waals surface area contributed by atoms with Gasteiger partial charge in [0.2, 0.25) is 0 Å². The van der Waals surface area contributed by atoms with Gasteiger partial charge in [0.25, 0.3) is 0 Å². The first-order chi connectivity index (χ1) is 9.84. The van der Waals surface area contributed by atoms with E-state index < -0.39 is 0 Å². The molecule has 0 aliphatic carbocycles. The Hall–Kier alpha value is -1.45. The van der Waals surface area contributed by atoms with Crippen molar-refractivity contribution in [2.45, 2.75) is 12.8 Å². The fraction of sp³-hybridized carbons (Fsp3) is 0.412. The monoisotopic (exact) mass is 273 g/mol. The van der Waals surface area contributed by atoms with Gasteiger partial charge in [-0.25, -0.2) is 4.39 Å². The standard InChI is InChI=1S/C17H20FNO/c18-17-8-2-6-15-14(4-1-7-16(15)17)5-3-9-19-10-12-20-13-11-19/h1-2,4,6-8H,3,5,9-13H2. The van der Waals surface area contributed by atoms with Crippen molar-refractivity contribution in [2.75, 3.05) is 32.8 Å². The molecule has 2 aromatic carbocycles. The lowest BCUT2D eigenvalue weighted by atomic mass is 10.0. The Bertz CT molecular complexity index is 578. The highest BCUT2D eigenvalue weighted by atomic mass is 19.1. The SMILES string of the molecule is Fc1cccc2c(CCCN3CCOCC3)cccc12. The van der Waals surface area contributed by atoms with Crippen molar-refractivity contribution < 1.29 is 9.13 Å². The molecule has 0 atom stereocenters. The molecule has 2 aromatic rings. The quantitative estimate of drug-likeness (QED) is 0.848. The average molecular weight is 273 g/mol. The lowest BCUT2D eigenvalue weighted by Gasteiger charge is -2.26. The predicted molar refractivity (Wildman–Crippen MR) is 79.5 cm³/mol. The molecule has 0 spiro atoms. The van der Waals surface area contributed by atoms with Crippen molar-refractivity contribution in [3.63, 3.8) is 0 Å². The number of fused-ring (bicyclic) bond motifs is 1. The summed E-state index contributed by atoms with van der Waals surface area (Å²) in [5.41, 5.74) is 1.25. The molecule has 0 bridgehead atoms. The maximum Gasteiger partial charge on any atom is 0.131 e. The number of rotatable bonds is 4. The van der Waals surface area contributed by atoms with Crippen LogP contribution in [0.4, 0.5) is 4.39 Å². The molecule has 1 saturated heterocycles. The zero-order valence-corrected chi connectivity index (χ0v) is 11.6. The van der Waals surface area contributed by atoms with Crippen LogP contribution < -0.4 is 0 Å². The van der Waals surface area contributed by atoms with E-state index in [1.165, 1.54) is 11.6 Å². The van der Waals surface area contributed by atoms with Gasteiger partial charge in [-0.05, 0) is 36.4 Å². The number of aryl methyl sites for hydroxylation is 1. The third-order valence-corrected chi connectivity index (χ3v) is 3.98. The smallest absolute Gasteiger partial charge is 0.131 e. The summed E-state index contributed by atoms with van der Waals surface area (Å²) in [5, 5.41) is 1.78. The van der Waals surface area contributed by atoms with E-state index in [0.717, 1.165) is 56.5 Å². The van der Waals surface area contributed by atoms with Crippen LogP contribution in [-0.2, 0) is 11.2 Å². The summed E-state index contributed by atoms with van der Waals surface area (Å²) in [6, 6.07) is 11.3. The van der Waals surface area contributed by atoms with E-state index in [4.69, 9.17) is 4.74 Å². The van der Waals surface area contributed by atoms with Crippen LogP contribution in [0.5, 0.6) is 0 Å². The van der Waals surface area contributed by atoms with Crippen molar-refractivity contribution in [3.8, 4) is 0 Å². The molecule has 3 heteroatoms. The Morgan fingerprint density at radius 3 is 2.60 bits per heavy atom. The Kier molecular flexibility index (Phi) is 4.28. The molecule has 1 aliphatic rings. The first-order valence-electron chi connectivity index (χ1n) is 7.31. The molecule has 20 heavy (non-hydrogen) atoms. The Labute approximate surface area is 119 Å². The topological polar surface area (TPSA) is 12.5 Å². The molecule has 1 aliphatic heterocycles. The van der Waals surface area contributed by atoms with Crippen LogP contribution in [0.1, 0.15) is 12.0 Å². The lowest BCUT2D eigenvalue weighted by molar-refractivity contribution is 0.0375. The van der Waals surface area contributed by atoms with E-state index in [1.54, 1.807) is 6.07 Å². The van der Waals surface area contributed by atoms with Gasteiger partial charge in [0.1, 0.15) is 5.82 Å². The molecule has 106 valence electrons. The molecule has 0 amide bonds. The summed E-state index contributed by atoms with van der Waals surface area (Å²) in [7, 11) is 0. The molecule has 0 N–H and O–H groups in total. The summed E-state index contributed by atoms with van der Waals surface area (Å²) in [6.45, 7) is 4.85. The number of hydrogen-bond acceptors (Lipinski definition) is 2. The predicted octanol–water partition coefficient (Wildman–Crippen LogP) is 3.24. The van der Waals surface area contributed by atoms with Crippen LogP contribution in [0.2, 0.25) is 0 Å². The van der Waals surface area contributed by atoms with Crippen molar-refractivity contribution in [1.29, 1.82) is 0 Å². The van der Waals surface area contributed by atoms with E-state index in [0.29, 0.717) is 0 Å². The highest BCUT2D eigenvalue weighted by Gasteiger charge is 2.10.